The first-order valence-corrected chi connectivity index (χ1v) is 7.39. The van der Waals surface area contributed by atoms with Crippen molar-refractivity contribution in [2.24, 2.45) is 5.92 Å². The number of likely N-dealkylation sites (tertiary alicyclic amines) is 1. The molecule has 2 rings (SSSR count). The number of nitrogens with zero attached hydrogens (tertiary/aromatic N) is 1. The zero-order valence-electron chi connectivity index (χ0n) is 11.9. The molecule has 0 aromatic carbocycles. The molecule has 0 aromatic rings. The molecule has 2 fully saturated rings. The molecule has 0 bridgehead atoms. The summed E-state index contributed by atoms with van der Waals surface area (Å²) in [6.07, 6.45) is 4.12. The Morgan fingerprint density at radius 3 is 3.00 bits per heavy atom. The number of hydrogen-bond donors (Lipinski definition) is 1. The van der Waals surface area contributed by atoms with E-state index in [-0.39, 0.29) is 0 Å². The molecule has 2 aliphatic rings. The Morgan fingerprint density at radius 1 is 1.44 bits per heavy atom. The second-order valence-corrected chi connectivity index (χ2v) is 5.55. The van der Waals surface area contributed by atoms with E-state index in [0.29, 0.717) is 18.1 Å². The van der Waals surface area contributed by atoms with Crippen LogP contribution in [-0.4, -0.2) is 63.5 Å². The molecule has 0 aliphatic carbocycles. The molecule has 2 heterocycles. The summed E-state index contributed by atoms with van der Waals surface area (Å²) in [5, 5.41) is 3.64. The van der Waals surface area contributed by atoms with Gasteiger partial charge < -0.3 is 14.8 Å². The molecule has 3 unspecified atom stereocenters. The lowest BCUT2D eigenvalue weighted by Crippen LogP contribution is -2.49. The number of piperidine rings is 1. The van der Waals surface area contributed by atoms with Crippen LogP contribution in [0.2, 0.25) is 0 Å². The zero-order valence-corrected chi connectivity index (χ0v) is 11.9. The van der Waals surface area contributed by atoms with Gasteiger partial charge in [-0.2, -0.15) is 0 Å². The number of methoxy groups -OCH3 is 1. The highest BCUT2D eigenvalue weighted by Gasteiger charge is 2.28. The smallest absolute Gasteiger partial charge is 0.0698 e. The van der Waals surface area contributed by atoms with Crippen LogP contribution in [0, 0.1) is 5.92 Å². The fraction of sp³-hybridized carbons (Fsp3) is 1.00. The fourth-order valence-electron chi connectivity index (χ4n) is 3.16. The van der Waals surface area contributed by atoms with Gasteiger partial charge in [0.15, 0.2) is 0 Å². The van der Waals surface area contributed by atoms with E-state index < -0.39 is 0 Å². The van der Waals surface area contributed by atoms with Crippen LogP contribution >= 0.6 is 0 Å². The third kappa shape index (κ3) is 3.92. The summed E-state index contributed by atoms with van der Waals surface area (Å²) in [7, 11) is 1.83. The highest BCUT2D eigenvalue weighted by atomic mass is 16.5. The van der Waals surface area contributed by atoms with Crippen LogP contribution in [0.3, 0.4) is 0 Å². The molecule has 0 spiro atoms. The van der Waals surface area contributed by atoms with Crippen molar-refractivity contribution in [1.82, 2.24) is 10.2 Å². The maximum atomic E-state index is 5.53. The van der Waals surface area contributed by atoms with Gasteiger partial charge in [0.2, 0.25) is 0 Å². The van der Waals surface area contributed by atoms with Gasteiger partial charge in [0.25, 0.3) is 0 Å². The number of likely N-dealkylation sites (N-methyl/N-ethyl adjacent to an activating group) is 1. The maximum absolute atomic E-state index is 5.53. The van der Waals surface area contributed by atoms with Crippen molar-refractivity contribution in [2.45, 2.75) is 38.3 Å². The lowest BCUT2D eigenvalue weighted by Gasteiger charge is -2.36. The third-order valence-electron chi connectivity index (χ3n) is 4.25. The predicted octanol–water partition coefficient (Wildman–Crippen LogP) is 1.11. The molecule has 4 nitrogen and oxygen atoms in total. The van der Waals surface area contributed by atoms with E-state index in [1.807, 2.05) is 7.11 Å². The van der Waals surface area contributed by atoms with Gasteiger partial charge in [0.1, 0.15) is 0 Å². The SMILES string of the molecule is CCNC(CN1CCCC(OC)C1)C1CCOC1. The molecule has 0 aromatic heterocycles. The zero-order chi connectivity index (χ0) is 12.8. The van der Waals surface area contributed by atoms with Crippen LogP contribution in [0.25, 0.3) is 0 Å². The van der Waals surface area contributed by atoms with Gasteiger partial charge in [-0.05, 0) is 32.4 Å². The minimum Gasteiger partial charge on any atom is -0.381 e. The summed E-state index contributed by atoms with van der Waals surface area (Å²) < 4.78 is 11.0. The van der Waals surface area contributed by atoms with E-state index >= 15 is 0 Å². The van der Waals surface area contributed by atoms with Crippen molar-refractivity contribution < 1.29 is 9.47 Å². The number of nitrogens with one attached hydrogen (secondary N) is 1. The quantitative estimate of drug-likeness (QED) is 0.772. The Morgan fingerprint density at radius 2 is 2.33 bits per heavy atom. The molecule has 0 radical (unpaired) electrons. The molecule has 2 aliphatic heterocycles. The summed E-state index contributed by atoms with van der Waals surface area (Å²) in [5.41, 5.74) is 0. The fourth-order valence-corrected chi connectivity index (χ4v) is 3.16. The second kappa shape index (κ2) is 7.43. The van der Waals surface area contributed by atoms with Gasteiger partial charge in [-0.25, -0.2) is 0 Å². The lowest BCUT2D eigenvalue weighted by molar-refractivity contribution is 0.0251. The van der Waals surface area contributed by atoms with Crippen molar-refractivity contribution in [3.63, 3.8) is 0 Å². The summed E-state index contributed by atoms with van der Waals surface area (Å²) >= 11 is 0. The average Bonchev–Trinajstić information content (AvgIpc) is 2.92. The van der Waals surface area contributed by atoms with Crippen molar-refractivity contribution >= 4 is 0 Å². The number of rotatable bonds is 6. The molecular formula is C14H28N2O2. The Labute approximate surface area is 111 Å². The summed E-state index contributed by atoms with van der Waals surface area (Å²) in [6, 6.07) is 0.577. The normalized spacial score (nSPS) is 31.7. The first kappa shape index (κ1) is 14.3. The standard InChI is InChI=1S/C14H28N2O2/c1-3-15-14(12-6-8-18-11-12)10-16-7-4-5-13(9-16)17-2/h12-15H,3-11H2,1-2H3. The molecule has 18 heavy (non-hydrogen) atoms. The first-order chi connectivity index (χ1) is 8.83. The second-order valence-electron chi connectivity index (χ2n) is 5.55. The molecule has 2 saturated heterocycles. The van der Waals surface area contributed by atoms with Crippen LogP contribution in [0.1, 0.15) is 26.2 Å². The first-order valence-electron chi connectivity index (χ1n) is 7.39. The van der Waals surface area contributed by atoms with Gasteiger partial charge in [-0.3, -0.25) is 4.90 Å². The minimum absolute atomic E-state index is 0.431. The van der Waals surface area contributed by atoms with E-state index in [1.54, 1.807) is 0 Å². The highest BCUT2D eigenvalue weighted by molar-refractivity contribution is 4.84. The molecule has 106 valence electrons. The van der Waals surface area contributed by atoms with Gasteiger partial charge >= 0.3 is 0 Å². The molecule has 1 N–H and O–H groups in total. The molecular weight excluding hydrogens is 228 g/mol. The largest absolute Gasteiger partial charge is 0.381 e. The van der Waals surface area contributed by atoms with Crippen molar-refractivity contribution in [1.29, 1.82) is 0 Å². The molecule has 4 heteroatoms. The van der Waals surface area contributed by atoms with Crippen molar-refractivity contribution in [3.8, 4) is 0 Å². The Balaban J connectivity index is 1.83. The Kier molecular flexibility index (Phi) is 5.89. The van der Waals surface area contributed by atoms with Gasteiger partial charge in [0, 0.05) is 38.8 Å². The van der Waals surface area contributed by atoms with E-state index in [2.05, 4.69) is 17.1 Å². The summed E-state index contributed by atoms with van der Waals surface area (Å²) in [5.74, 6) is 0.688. The minimum atomic E-state index is 0.431. The summed E-state index contributed by atoms with van der Waals surface area (Å²) in [4.78, 5) is 2.56. The third-order valence-corrected chi connectivity index (χ3v) is 4.25. The number of hydrogen-bond acceptors (Lipinski definition) is 4. The lowest BCUT2D eigenvalue weighted by atomic mass is 9.97. The highest BCUT2D eigenvalue weighted by Crippen LogP contribution is 2.20. The molecule has 3 atom stereocenters. The van der Waals surface area contributed by atoms with Crippen molar-refractivity contribution in [3.05, 3.63) is 0 Å². The van der Waals surface area contributed by atoms with E-state index in [4.69, 9.17) is 9.47 Å². The number of ether oxygens (including phenoxy) is 2. The van der Waals surface area contributed by atoms with Crippen LogP contribution in [0.4, 0.5) is 0 Å². The van der Waals surface area contributed by atoms with Gasteiger partial charge in [-0.15, -0.1) is 0 Å². The van der Waals surface area contributed by atoms with Crippen LogP contribution in [-0.2, 0) is 9.47 Å². The average molecular weight is 256 g/mol. The monoisotopic (exact) mass is 256 g/mol. The van der Waals surface area contributed by atoms with E-state index in [9.17, 15) is 0 Å². The predicted molar refractivity (Wildman–Crippen MR) is 72.9 cm³/mol. The Hall–Kier alpha value is -0.160. The van der Waals surface area contributed by atoms with Gasteiger partial charge in [0.05, 0.1) is 12.7 Å². The summed E-state index contributed by atoms with van der Waals surface area (Å²) in [6.45, 7) is 8.55. The van der Waals surface area contributed by atoms with E-state index in [0.717, 1.165) is 32.8 Å². The van der Waals surface area contributed by atoms with Gasteiger partial charge in [-0.1, -0.05) is 6.92 Å². The molecule has 0 saturated carbocycles. The topological polar surface area (TPSA) is 33.7 Å². The Bertz CT molecular complexity index is 232. The molecule has 0 amide bonds. The maximum Gasteiger partial charge on any atom is 0.0698 e. The van der Waals surface area contributed by atoms with Crippen LogP contribution in [0.5, 0.6) is 0 Å². The van der Waals surface area contributed by atoms with E-state index in [1.165, 1.54) is 25.8 Å². The van der Waals surface area contributed by atoms with Crippen molar-refractivity contribution in [2.75, 3.05) is 46.5 Å². The van der Waals surface area contributed by atoms with Crippen LogP contribution in [0.15, 0.2) is 0 Å². The van der Waals surface area contributed by atoms with Crippen LogP contribution < -0.4 is 5.32 Å².